The monoisotopic (exact) mass is 173 g/mol. The number of carbonyl (C=O) groups excluding carboxylic acids is 1. The fourth-order valence-corrected chi connectivity index (χ4v) is 1.14. The van der Waals surface area contributed by atoms with Crippen molar-refractivity contribution in [3.8, 4) is 0 Å². The third-order valence-electron chi connectivity index (χ3n) is 1.83. The number of unbranched alkanes of at least 4 members (excludes halogenated alkanes) is 3. The highest BCUT2D eigenvalue weighted by Crippen LogP contribution is 2.07. The van der Waals surface area contributed by atoms with Crippen molar-refractivity contribution in [3.05, 3.63) is 0 Å². The minimum atomic E-state index is -0.528. The molecule has 0 fully saturated rings. The third-order valence-corrected chi connectivity index (χ3v) is 1.83. The summed E-state index contributed by atoms with van der Waals surface area (Å²) in [6.07, 6.45) is 4.78. The van der Waals surface area contributed by atoms with Crippen LogP contribution in [0.3, 0.4) is 0 Å². The highest BCUT2D eigenvalue weighted by Gasteiger charge is 2.06. The van der Waals surface area contributed by atoms with Crippen LogP contribution in [0, 0.1) is 0 Å². The van der Waals surface area contributed by atoms with Crippen LogP contribution in [0.25, 0.3) is 0 Å². The molecule has 1 amide bonds. The maximum Gasteiger partial charge on any atom is 0.220 e. The summed E-state index contributed by atoms with van der Waals surface area (Å²) in [5.41, 5.74) is 4.92. The van der Waals surface area contributed by atoms with E-state index in [1.807, 2.05) is 0 Å². The van der Waals surface area contributed by atoms with Crippen LogP contribution in [0.5, 0.6) is 0 Å². The zero-order chi connectivity index (χ0) is 9.40. The molecule has 0 bridgehead atoms. The molecule has 3 nitrogen and oxygen atoms in total. The molecule has 0 aliphatic heterocycles. The van der Waals surface area contributed by atoms with E-state index in [2.05, 4.69) is 6.92 Å². The van der Waals surface area contributed by atoms with Crippen LogP contribution in [-0.2, 0) is 4.79 Å². The Balaban J connectivity index is 3.19. The van der Waals surface area contributed by atoms with Crippen molar-refractivity contribution in [3.63, 3.8) is 0 Å². The summed E-state index contributed by atoms with van der Waals surface area (Å²) in [6, 6.07) is 0. The molecule has 0 aromatic heterocycles. The molecule has 12 heavy (non-hydrogen) atoms. The second kappa shape index (κ2) is 7.10. The number of rotatable bonds is 7. The van der Waals surface area contributed by atoms with Crippen LogP contribution in [0.1, 0.15) is 45.4 Å². The number of carbonyl (C=O) groups is 1. The van der Waals surface area contributed by atoms with Gasteiger partial charge in [0.05, 0.1) is 12.5 Å². The molecule has 0 radical (unpaired) electrons. The molecule has 0 aliphatic rings. The van der Waals surface area contributed by atoms with E-state index in [0.29, 0.717) is 6.42 Å². The zero-order valence-corrected chi connectivity index (χ0v) is 7.75. The number of amides is 1. The van der Waals surface area contributed by atoms with E-state index >= 15 is 0 Å². The van der Waals surface area contributed by atoms with Crippen LogP contribution >= 0.6 is 0 Å². The molecule has 0 aromatic rings. The first kappa shape index (κ1) is 11.4. The maximum absolute atomic E-state index is 10.4. The first-order valence-corrected chi connectivity index (χ1v) is 4.63. The van der Waals surface area contributed by atoms with Gasteiger partial charge >= 0.3 is 0 Å². The lowest BCUT2D eigenvalue weighted by Crippen LogP contribution is -2.19. The lowest BCUT2D eigenvalue weighted by Gasteiger charge is -2.06. The number of aliphatic hydroxyl groups is 1. The average Bonchev–Trinajstić information content (AvgIpc) is 1.97. The molecule has 0 unspecified atom stereocenters. The first-order chi connectivity index (χ1) is 5.66. The minimum absolute atomic E-state index is 0.103. The van der Waals surface area contributed by atoms with Crippen molar-refractivity contribution < 1.29 is 9.90 Å². The molecule has 72 valence electrons. The second-order valence-electron chi connectivity index (χ2n) is 3.17. The number of hydrogen-bond acceptors (Lipinski definition) is 2. The number of nitrogens with two attached hydrogens (primary N) is 1. The minimum Gasteiger partial charge on any atom is -0.393 e. The van der Waals surface area contributed by atoms with Gasteiger partial charge in [0, 0.05) is 0 Å². The summed E-state index contributed by atoms with van der Waals surface area (Å²) in [5, 5.41) is 9.22. The molecular weight excluding hydrogens is 154 g/mol. The topological polar surface area (TPSA) is 63.3 Å². The first-order valence-electron chi connectivity index (χ1n) is 4.63. The zero-order valence-electron chi connectivity index (χ0n) is 7.75. The van der Waals surface area contributed by atoms with E-state index < -0.39 is 12.0 Å². The summed E-state index contributed by atoms with van der Waals surface area (Å²) < 4.78 is 0. The van der Waals surface area contributed by atoms with Gasteiger partial charge in [-0.1, -0.05) is 32.6 Å². The molecule has 0 aliphatic carbocycles. The molecule has 0 spiro atoms. The van der Waals surface area contributed by atoms with Crippen LogP contribution < -0.4 is 5.73 Å². The van der Waals surface area contributed by atoms with Gasteiger partial charge in [-0.25, -0.2) is 0 Å². The molecule has 0 saturated carbocycles. The van der Waals surface area contributed by atoms with Gasteiger partial charge in [-0.2, -0.15) is 0 Å². The van der Waals surface area contributed by atoms with Gasteiger partial charge in [0.2, 0.25) is 5.91 Å². The third kappa shape index (κ3) is 7.54. The summed E-state index contributed by atoms with van der Waals surface area (Å²) in [5.74, 6) is -0.419. The Kier molecular flexibility index (Phi) is 6.76. The second-order valence-corrected chi connectivity index (χ2v) is 3.17. The van der Waals surface area contributed by atoms with Gasteiger partial charge in [0.25, 0.3) is 0 Å². The Labute approximate surface area is 74.0 Å². The van der Waals surface area contributed by atoms with E-state index in [1.165, 1.54) is 12.8 Å². The molecule has 0 saturated heterocycles. The van der Waals surface area contributed by atoms with Gasteiger partial charge in [0.15, 0.2) is 0 Å². The normalized spacial score (nSPS) is 12.8. The van der Waals surface area contributed by atoms with E-state index in [0.717, 1.165) is 12.8 Å². The quantitative estimate of drug-likeness (QED) is 0.568. The van der Waals surface area contributed by atoms with E-state index in [4.69, 9.17) is 5.73 Å². The largest absolute Gasteiger partial charge is 0.393 e. The van der Waals surface area contributed by atoms with Crippen LogP contribution in [0.15, 0.2) is 0 Å². The molecule has 3 heteroatoms. The van der Waals surface area contributed by atoms with Crippen molar-refractivity contribution in [2.75, 3.05) is 0 Å². The summed E-state index contributed by atoms with van der Waals surface area (Å²) in [4.78, 5) is 10.4. The smallest absolute Gasteiger partial charge is 0.220 e. The van der Waals surface area contributed by atoms with E-state index in [1.54, 1.807) is 0 Å². The average molecular weight is 173 g/mol. The Morgan fingerprint density at radius 3 is 2.58 bits per heavy atom. The lowest BCUT2D eigenvalue weighted by atomic mass is 10.1. The lowest BCUT2D eigenvalue weighted by molar-refractivity contribution is -0.119. The highest BCUT2D eigenvalue weighted by atomic mass is 16.3. The van der Waals surface area contributed by atoms with Crippen LogP contribution in [-0.4, -0.2) is 17.1 Å². The van der Waals surface area contributed by atoms with Crippen molar-refractivity contribution in [1.29, 1.82) is 0 Å². The fourth-order valence-electron chi connectivity index (χ4n) is 1.14. The number of primary amides is 1. The molecule has 3 N–H and O–H groups in total. The molecule has 0 aromatic carbocycles. The van der Waals surface area contributed by atoms with Crippen molar-refractivity contribution in [1.82, 2.24) is 0 Å². The van der Waals surface area contributed by atoms with Gasteiger partial charge < -0.3 is 10.8 Å². The number of hydrogen-bond donors (Lipinski definition) is 2. The molecule has 0 heterocycles. The maximum atomic E-state index is 10.4. The van der Waals surface area contributed by atoms with Gasteiger partial charge in [-0.3, -0.25) is 4.79 Å². The van der Waals surface area contributed by atoms with E-state index in [-0.39, 0.29) is 6.42 Å². The van der Waals surface area contributed by atoms with Crippen molar-refractivity contribution >= 4 is 5.91 Å². The predicted octanol–water partition coefficient (Wildman–Crippen LogP) is 1.19. The summed E-state index contributed by atoms with van der Waals surface area (Å²) in [7, 11) is 0. The van der Waals surface area contributed by atoms with Crippen LogP contribution in [0.2, 0.25) is 0 Å². The van der Waals surface area contributed by atoms with Crippen LogP contribution in [0.4, 0.5) is 0 Å². The fraction of sp³-hybridized carbons (Fsp3) is 0.889. The van der Waals surface area contributed by atoms with Gasteiger partial charge in [-0.15, -0.1) is 0 Å². The summed E-state index contributed by atoms with van der Waals surface area (Å²) in [6.45, 7) is 2.14. The standard InChI is InChI=1S/C9H19NO2/c1-2-3-4-5-6-8(11)7-9(10)12/h8,11H,2-7H2,1H3,(H2,10,12)/t8-/m1/s1. The molecule has 0 rings (SSSR count). The van der Waals surface area contributed by atoms with E-state index in [9.17, 15) is 9.90 Å². The molecule has 1 atom stereocenters. The number of aliphatic hydroxyl groups excluding tert-OH is 1. The Morgan fingerprint density at radius 1 is 1.42 bits per heavy atom. The Hall–Kier alpha value is -0.570. The Bertz CT molecular complexity index is 126. The van der Waals surface area contributed by atoms with Crippen molar-refractivity contribution in [2.45, 2.75) is 51.6 Å². The SMILES string of the molecule is CCCCCC[C@@H](O)CC(N)=O. The summed E-state index contributed by atoms with van der Waals surface area (Å²) >= 11 is 0. The Morgan fingerprint density at radius 2 is 2.08 bits per heavy atom. The van der Waals surface area contributed by atoms with Gasteiger partial charge in [0.1, 0.15) is 0 Å². The predicted molar refractivity (Wildman–Crippen MR) is 48.6 cm³/mol. The van der Waals surface area contributed by atoms with Gasteiger partial charge in [-0.05, 0) is 6.42 Å². The molecular formula is C9H19NO2. The highest BCUT2D eigenvalue weighted by molar-refractivity contribution is 5.74. The van der Waals surface area contributed by atoms with Crippen molar-refractivity contribution in [2.24, 2.45) is 5.73 Å².